The Morgan fingerprint density at radius 1 is 1.07 bits per heavy atom. The number of alkyl halides is 3. The molecule has 4 rings (SSSR count). The van der Waals surface area contributed by atoms with Gasteiger partial charge in [0.2, 0.25) is 0 Å². The molecular weight excluding hydrogens is 403 g/mol. The van der Waals surface area contributed by atoms with Crippen LogP contribution in [0.1, 0.15) is 5.56 Å². The number of nitrogens with one attached hydrogen (secondary N) is 1. The third-order valence-corrected chi connectivity index (χ3v) is 4.97. The number of fused-ring (bicyclic) bond motifs is 1. The van der Waals surface area contributed by atoms with Crippen molar-refractivity contribution in [2.45, 2.75) is 6.18 Å². The number of ether oxygens (including phenoxy) is 1. The predicted octanol–water partition coefficient (Wildman–Crippen LogP) is 5.99. The Hall–Kier alpha value is -3.46. The summed E-state index contributed by atoms with van der Waals surface area (Å²) < 4.78 is 44.2. The van der Waals surface area contributed by atoms with E-state index in [9.17, 15) is 18.0 Å². The van der Waals surface area contributed by atoms with E-state index >= 15 is 0 Å². The van der Waals surface area contributed by atoms with Crippen LogP contribution in [0, 0.1) is 0 Å². The summed E-state index contributed by atoms with van der Waals surface area (Å²) in [7, 11) is 0. The van der Waals surface area contributed by atoms with E-state index < -0.39 is 17.8 Å². The van der Waals surface area contributed by atoms with Crippen LogP contribution in [0.2, 0.25) is 0 Å². The van der Waals surface area contributed by atoms with Crippen LogP contribution in [-0.2, 0) is 6.18 Å². The number of carbonyl (C=O) groups is 1. The highest BCUT2D eigenvalue weighted by molar-refractivity contribution is 7.21. The Morgan fingerprint density at radius 2 is 1.90 bits per heavy atom. The number of hydrogen-bond acceptors (Lipinski definition) is 5. The summed E-state index contributed by atoms with van der Waals surface area (Å²) in [5.74, 6) is -0.202. The molecular formula is C20H12F3N3O2S. The largest absolute Gasteiger partial charge is 0.417 e. The molecule has 2 aromatic heterocycles. The van der Waals surface area contributed by atoms with Gasteiger partial charge in [-0.2, -0.15) is 13.2 Å². The van der Waals surface area contributed by atoms with Gasteiger partial charge in [-0.15, -0.1) is 11.3 Å². The summed E-state index contributed by atoms with van der Waals surface area (Å²) in [5.41, 5.74) is 1.14. The van der Waals surface area contributed by atoms with Crippen molar-refractivity contribution in [3.8, 4) is 16.3 Å². The van der Waals surface area contributed by atoms with Crippen LogP contribution in [0.3, 0.4) is 0 Å². The van der Waals surface area contributed by atoms with Crippen molar-refractivity contribution >= 4 is 33.3 Å². The quantitative estimate of drug-likeness (QED) is 0.447. The first-order chi connectivity index (χ1) is 13.9. The lowest BCUT2D eigenvalue weighted by molar-refractivity contribution is -0.137. The molecule has 0 saturated carbocycles. The third kappa shape index (κ3) is 4.35. The number of pyridine rings is 1. The van der Waals surface area contributed by atoms with Gasteiger partial charge in [0.1, 0.15) is 10.8 Å². The molecule has 0 fully saturated rings. The molecule has 0 spiro atoms. The summed E-state index contributed by atoms with van der Waals surface area (Å²) in [4.78, 5) is 20.7. The molecule has 2 aromatic carbocycles. The highest BCUT2D eigenvalue weighted by Crippen LogP contribution is 2.32. The number of nitrogens with zero attached hydrogens (tertiary/aromatic N) is 2. The number of halogens is 3. The number of hydrogen-bond donors (Lipinski definition) is 1. The van der Waals surface area contributed by atoms with Crippen LogP contribution in [0.5, 0.6) is 5.75 Å². The molecule has 0 aliphatic carbocycles. The molecule has 0 aliphatic heterocycles. The molecule has 0 radical (unpaired) electrons. The first-order valence-corrected chi connectivity index (χ1v) is 9.17. The standard InChI is InChI=1S/C20H12F3N3O2S/c21-20(22,23)13-4-2-6-15(10-13)28-19(27)25-14-5-1-3-12(9-14)18-26-16-7-8-24-11-17(16)29-18/h1-11H,(H,25,27). The summed E-state index contributed by atoms with van der Waals surface area (Å²) in [6.07, 6.45) is -2.02. The zero-order valence-corrected chi connectivity index (χ0v) is 15.4. The highest BCUT2D eigenvalue weighted by Gasteiger charge is 2.30. The molecule has 0 aliphatic rings. The van der Waals surface area contributed by atoms with Crippen LogP contribution in [0.25, 0.3) is 20.8 Å². The second-order valence-corrected chi connectivity index (χ2v) is 7.01. The Labute approximate surface area is 166 Å². The lowest BCUT2D eigenvalue weighted by Crippen LogP contribution is -2.17. The molecule has 2 heterocycles. The first-order valence-electron chi connectivity index (χ1n) is 8.35. The molecule has 4 aromatic rings. The molecule has 1 amide bonds. The Bertz CT molecular complexity index is 1160. The molecule has 5 nitrogen and oxygen atoms in total. The fourth-order valence-electron chi connectivity index (χ4n) is 2.62. The minimum Gasteiger partial charge on any atom is -0.410 e. The van der Waals surface area contributed by atoms with Crippen LogP contribution >= 0.6 is 11.3 Å². The summed E-state index contributed by atoms with van der Waals surface area (Å²) >= 11 is 1.46. The average molecular weight is 415 g/mol. The van der Waals surface area contributed by atoms with Crippen molar-refractivity contribution < 1.29 is 22.7 Å². The SMILES string of the molecule is O=C(Nc1cccc(-c2nc3ccncc3s2)c1)Oc1cccc(C(F)(F)F)c1. The van der Waals surface area contributed by atoms with Crippen LogP contribution in [0.15, 0.2) is 67.0 Å². The number of rotatable bonds is 3. The number of thiazole rings is 1. The zero-order chi connectivity index (χ0) is 20.4. The van der Waals surface area contributed by atoms with E-state index in [1.54, 1.807) is 30.6 Å². The Morgan fingerprint density at radius 3 is 2.69 bits per heavy atom. The fourth-order valence-corrected chi connectivity index (χ4v) is 3.55. The van der Waals surface area contributed by atoms with Crippen molar-refractivity contribution in [1.29, 1.82) is 0 Å². The monoisotopic (exact) mass is 415 g/mol. The van der Waals surface area contributed by atoms with Crippen molar-refractivity contribution in [2.75, 3.05) is 5.32 Å². The van der Waals surface area contributed by atoms with Gasteiger partial charge in [-0.05, 0) is 36.4 Å². The van der Waals surface area contributed by atoms with E-state index in [-0.39, 0.29) is 5.75 Å². The molecule has 0 unspecified atom stereocenters. The maximum absolute atomic E-state index is 12.8. The Balaban J connectivity index is 1.50. The van der Waals surface area contributed by atoms with E-state index in [0.717, 1.165) is 32.9 Å². The average Bonchev–Trinajstić information content (AvgIpc) is 3.12. The van der Waals surface area contributed by atoms with Gasteiger partial charge in [0.05, 0.1) is 15.8 Å². The molecule has 0 saturated heterocycles. The van der Waals surface area contributed by atoms with Crippen molar-refractivity contribution in [3.63, 3.8) is 0 Å². The van der Waals surface area contributed by atoms with Gasteiger partial charge < -0.3 is 4.74 Å². The number of anilines is 1. The van der Waals surface area contributed by atoms with Gasteiger partial charge >= 0.3 is 12.3 Å². The number of amides is 1. The molecule has 29 heavy (non-hydrogen) atoms. The summed E-state index contributed by atoms with van der Waals surface area (Å²) in [5, 5.41) is 3.27. The van der Waals surface area contributed by atoms with Crippen molar-refractivity contribution in [2.24, 2.45) is 0 Å². The van der Waals surface area contributed by atoms with E-state index in [0.29, 0.717) is 5.69 Å². The molecule has 0 atom stereocenters. The fraction of sp³-hybridized carbons (Fsp3) is 0.0500. The van der Waals surface area contributed by atoms with Gasteiger partial charge in [-0.3, -0.25) is 10.3 Å². The van der Waals surface area contributed by atoms with E-state index in [2.05, 4.69) is 15.3 Å². The zero-order valence-electron chi connectivity index (χ0n) is 14.6. The van der Waals surface area contributed by atoms with Gasteiger partial charge in [0.25, 0.3) is 0 Å². The minimum atomic E-state index is -4.52. The first kappa shape index (κ1) is 18.9. The minimum absolute atomic E-state index is 0.202. The number of benzene rings is 2. The third-order valence-electron chi connectivity index (χ3n) is 3.92. The molecule has 1 N–H and O–H groups in total. The van der Waals surface area contributed by atoms with Gasteiger partial charge in [0.15, 0.2) is 0 Å². The lowest BCUT2D eigenvalue weighted by atomic mass is 10.2. The molecule has 9 heteroatoms. The lowest BCUT2D eigenvalue weighted by Gasteiger charge is -2.10. The molecule has 146 valence electrons. The summed E-state index contributed by atoms with van der Waals surface area (Å²) in [6, 6.07) is 12.9. The van der Waals surface area contributed by atoms with Crippen molar-refractivity contribution in [1.82, 2.24) is 9.97 Å². The maximum Gasteiger partial charge on any atom is 0.417 e. The second kappa shape index (κ2) is 7.51. The van der Waals surface area contributed by atoms with Crippen LogP contribution in [-0.4, -0.2) is 16.1 Å². The van der Waals surface area contributed by atoms with Gasteiger partial charge in [-0.1, -0.05) is 18.2 Å². The number of aromatic nitrogens is 2. The Kier molecular flexibility index (Phi) is 4.89. The highest BCUT2D eigenvalue weighted by atomic mass is 32.1. The van der Waals surface area contributed by atoms with Crippen LogP contribution in [0.4, 0.5) is 23.7 Å². The number of carbonyl (C=O) groups excluding carboxylic acids is 1. The van der Waals surface area contributed by atoms with Gasteiger partial charge in [-0.25, -0.2) is 9.78 Å². The summed E-state index contributed by atoms with van der Waals surface area (Å²) in [6.45, 7) is 0. The molecule has 0 bridgehead atoms. The smallest absolute Gasteiger partial charge is 0.410 e. The van der Waals surface area contributed by atoms with E-state index in [1.807, 2.05) is 12.1 Å². The predicted molar refractivity (Wildman–Crippen MR) is 104 cm³/mol. The topological polar surface area (TPSA) is 64.1 Å². The van der Waals surface area contributed by atoms with E-state index in [1.165, 1.54) is 23.5 Å². The maximum atomic E-state index is 12.8. The van der Waals surface area contributed by atoms with Crippen LogP contribution < -0.4 is 10.1 Å². The normalized spacial score (nSPS) is 11.4. The van der Waals surface area contributed by atoms with Gasteiger partial charge in [0, 0.05) is 23.6 Å². The second-order valence-electron chi connectivity index (χ2n) is 5.98. The van der Waals surface area contributed by atoms with E-state index in [4.69, 9.17) is 4.74 Å². The van der Waals surface area contributed by atoms with Crippen molar-refractivity contribution in [3.05, 3.63) is 72.6 Å².